The van der Waals surface area contributed by atoms with Gasteiger partial charge in [0.25, 0.3) is 5.97 Å². The van der Waals surface area contributed by atoms with Crippen molar-refractivity contribution in [2.45, 2.75) is 26.7 Å². The van der Waals surface area contributed by atoms with Crippen LogP contribution in [0.5, 0.6) is 0 Å². The minimum atomic E-state index is -0.833. The van der Waals surface area contributed by atoms with Crippen molar-refractivity contribution in [3.05, 3.63) is 0 Å². The van der Waals surface area contributed by atoms with Gasteiger partial charge < -0.3 is 9.94 Å². The van der Waals surface area contributed by atoms with Crippen molar-refractivity contribution in [2.24, 2.45) is 5.90 Å². The topological polar surface area (TPSA) is 72.5 Å². The summed E-state index contributed by atoms with van der Waals surface area (Å²) in [5.74, 6) is 3.88. The van der Waals surface area contributed by atoms with Gasteiger partial charge in [-0.3, -0.25) is 4.79 Å². The number of carboxylic acid groups (broad SMARTS) is 1. The van der Waals surface area contributed by atoms with Crippen LogP contribution >= 0.6 is 0 Å². The Kier molecular flexibility index (Phi) is 13.6. The Morgan fingerprint density at radius 3 is 2.20 bits per heavy atom. The van der Waals surface area contributed by atoms with Gasteiger partial charge in [0.2, 0.25) is 0 Å². The van der Waals surface area contributed by atoms with E-state index in [9.17, 15) is 0 Å². The summed E-state index contributed by atoms with van der Waals surface area (Å²) in [6.07, 6.45) is 2.22. The molecule has 0 rings (SSSR count). The second kappa shape index (κ2) is 11.2. The third kappa shape index (κ3) is 52.8. The highest BCUT2D eigenvalue weighted by Gasteiger charge is 1.75. The molecule has 10 heavy (non-hydrogen) atoms. The van der Waals surface area contributed by atoms with Crippen molar-refractivity contribution in [3.63, 3.8) is 0 Å². The van der Waals surface area contributed by atoms with Crippen LogP contribution in [-0.4, -0.2) is 17.7 Å². The Labute approximate surface area is 60.9 Å². The predicted molar refractivity (Wildman–Crippen MR) is 38.4 cm³/mol. The first-order valence-corrected chi connectivity index (χ1v) is 3.16. The molecule has 0 unspecified atom stereocenters. The van der Waals surface area contributed by atoms with Crippen LogP contribution in [0.15, 0.2) is 0 Å². The monoisotopic (exact) mass is 149 g/mol. The summed E-state index contributed by atoms with van der Waals surface area (Å²) in [5, 5.41) is 7.42. The first kappa shape index (κ1) is 12.1. The van der Waals surface area contributed by atoms with Crippen LogP contribution in [0.25, 0.3) is 0 Å². The summed E-state index contributed by atoms with van der Waals surface area (Å²) in [5.41, 5.74) is 0. The molecule has 0 aromatic rings. The minimum Gasteiger partial charge on any atom is -0.481 e. The van der Waals surface area contributed by atoms with Gasteiger partial charge >= 0.3 is 0 Å². The maximum atomic E-state index is 9.00. The molecule has 0 atom stereocenters. The lowest BCUT2D eigenvalue weighted by Crippen LogP contribution is -1.99. The molecule has 0 heterocycles. The standard InChI is InChI=1S/C4H11NO.C2H4O2/c1-2-3-4-6-5;1-2(3)4/h2-5H2,1H3;1H3,(H,3,4). The Morgan fingerprint density at radius 1 is 1.70 bits per heavy atom. The van der Waals surface area contributed by atoms with Crippen molar-refractivity contribution in [2.75, 3.05) is 6.61 Å². The van der Waals surface area contributed by atoms with E-state index in [4.69, 9.17) is 15.8 Å². The Bertz CT molecular complexity index is 67.4. The second-order valence-electron chi connectivity index (χ2n) is 1.74. The van der Waals surface area contributed by atoms with E-state index < -0.39 is 5.97 Å². The lowest BCUT2D eigenvalue weighted by Gasteiger charge is -1.88. The van der Waals surface area contributed by atoms with Crippen LogP contribution in [0.4, 0.5) is 0 Å². The van der Waals surface area contributed by atoms with Gasteiger partial charge in [-0.15, -0.1) is 0 Å². The number of aliphatic carboxylic acids is 1. The molecule has 3 N–H and O–H groups in total. The third-order valence-electron chi connectivity index (χ3n) is 0.616. The summed E-state index contributed by atoms with van der Waals surface area (Å²) in [6, 6.07) is 0. The molecule has 0 bridgehead atoms. The largest absolute Gasteiger partial charge is 0.481 e. The highest BCUT2D eigenvalue weighted by molar-refractivity contribution is 5.62. The van der Waals surface area contributed by atoms with Crippen LogP contribution in [0, 0.1) is 0 Å². The minimum absolute atomic E-state index is 0.691. The molecule has 0 aromatic carbocycles. The summed E-state index contributed by atoms with van der Waals surface area (Å²) >= 11 is 0. The number of carboxylic acids is 1. The zero-order valence-electron chi connectivity index (χ0n) is 6.46. The number of rotatable bonds is 3. The summed E-state index contributed by atoms with van der Waals surface area (Å²) in [4.78, 5) is 13.3. The van der Waals surface area contributed by atoms with Crippen molar-refractivity contribution >= 4 is 5.97 Å². The van der Waals surface area contributed by atoms with Crippen molar-refractivity contribution in [1.82, 2.24) is 0 Å². The van der Waals surface area contributed by atoms with Crippen molar-refractivity contribution in [3.8, 4) is 0 Å². The zero-order chi connectivity index (χ0) is 8.41. The number of carbonyl (C=O) groups is 1. The van der Waals surface area contributed by atoms with Gasteiger partial charge in [-0.2, -0.15) is 0 Å². The first-order chi connectivity index (χ1) is 4.65. The average Bonchev–Trinajstić information content (AvgIpc) is 1.82. The molecule has 0 saturated heterocycles. The highest BCUT2D eigenvalue weighted by Crippen LogP contribution is 1.82. The number of hydrogen-bond acceptors (Lipinski definition) is 3. The molecule has 0 aliphatic rings. The fraction of sp³-hybridized carbons (Fsp3) is 0.833. The lowest BCUT2D eigenvalue weighted by molar-refractivity contribution is -0.134. The molecular weight excluding hydrogens is 134 g/mol. The Balaban J connectivity index is 0. The fourth-order valence-corrected chi connectivity index (χ4v) is 0.228. The van der Waals surface area contributed by atoms with Crippen LogP contribution in [0.1, 0.15) is 26.7 Å². The fourth-order valence-electron chi connectivity index (χ4n) is 0.228. The van der Waals surface area contributed by atoms with Gasteiger partial charge in [0, 0.05) is 6.92 Å². The molecule has 4 heteroatoms. The molecule has 0 saturated carbocycles. The van der Waals surface area contributed by atoms with Gasteiger partial charge in [-0.1, -0.05) is 13.3 Å². The van der Waals surface area contributed by atoms with E-state index in [2.05, 4.69) is 11.8 Å². The van der Waals surface area contributed by atoms with Gasteiger partial charge in [0.1, 0.15) is 0 Å². The molecule has 0 aromatic heterocycles. The van der Waals surface area contributed by atoms with E-state index in [-0.39, 0.29) is 0 Å². The molecular formula is C6H15NO3. The van der Waals surface area contributed by atoms with E-state index in [1.165, 1.54) is 0 Å². The first-order valence-electron chi connectivity index (χ1n) is 3.16. The third-order valence-corrected chi connectivity index (χ3v) is 0.616. The van der Waals surface area contributed by atoms with Gasteiger partial charge in [0.15, 0.2) is 0 Å². The Hall–Kier alpha value is -0.610. The number of unbranched alkanes of at least 4 members (excludes halogenated alkanes) is 1. The van der Waals surface area contributed by atoms with Gasteiger partial charge in [-0.25, -0.2) is 5.90 Å². The average molecular weight is 149 g/mol. The van der Waals surface area contributed by atoms with E-state index in [1.807, 2.05) is 0 Å². The van der Waals surface area contributed by atoms with E-state index >= 15 is 0 Å². The van der Waals surface area contributed by atoms with Crippen LogP contribution in [0.3, 0.4) is 0 Å². The molecule has 0 fully saturated rings. The summed E-state index contributed by atoms with van der Waals surface area (Å²) in [7, 11) is 0. The molecule has 0 aliphatic heterocycles. The van der Waals surface area contributed by atoms with Gasteiger partial charge in [-0.05, 0) is 6.42 Å². The molecule has 0 aliphatic carbocycles. The lowest BCUT2D eigenvalue weighted by atomic mass is 10.4. The SMILES string of the molecule is CC(=O)O.CCCCON. The second-order valence-corrected chi connectivity index (χ2v) is 1.74. The molecule has 0 amide bonds. The van der Waals surface area contributed by atoms with E-state index in [0.717, 1.165) is 19.8 Å². The zero-order valence-corrected chi connectivity index (χ0v) is 6.46. The van der Waals surface area contributed by atoms with Crippen LogP contribution < -0.4 is 5.90 Å². The quantitative estimate of drug-likeness (QED) is 0.459. The number of hydrogen-bond donors (Lipinski definition) is 2. The predicted octanol–water partition coefficient (Wildman–Crippen LogP) is 0.768. The molecule has 0 spiro atoms. The van der Waals surface area contributed by atoms with Gasteiger partial charge in [0.05, 0.1) is 6.61 Å². The highest BCUT2D eigenvalue weighted by atomic mass is 16.6. The maximum Gasteiger partial charge on any atom is 0.300 e. The van der Waals surface area contributed by atoms with Crippen LogP contribution in [0.2, 0.25) is 0 Å². The summed E-state index contributed by atoms with van der Waals surface area (Å²) in [6.45, 7) is 3.87. The summed E-state index contributed by atoms with van der Waals surface area (Å²) < 4.78 is 0. The molecule has 0 radical (unpaired) electrons. The van der Waals surface area contributed by atoms with Crippen molar-refractivity contribution in [1.29, 1.82) is 0 Å². The number of nitrogens with two attached hydrogens (primary N) is 1. The van der Waals surface area contributed by atoms with E-state index in [0.29, 0.717) is 6.61 Å². The molecule has 4 nitrogen and oxygen atoms in total. The molecule has 62 valence electrons. The smallest absolute Gasteiger partial charge is 0.300 e. The normalized spacial score (nSPS) is 7.90. The van der Waals surface area contributed by atoms with E-state index in [1.54, 1.807) is 0 Å². The maximum absolute atomic E-state index is 9.00. The van der Waals surface area contributed by atoms with Crippen LogP contribution in [-0.2, 0) is 9.63 Å². The Morgan fingerprint density at radius 2 is 2.10 bits per heavy atom. The van der Waals surface area contributed by atoms with Crippen molar-refractivity contribution < 1.29 is 14.7 Å².